The van der Waals surface area contributed by atoms with Crippen LogP contribution in [0.1, 0.15) is 0 Å². The maximum atomic E-state index is 14.6. The van der Waals surface area contributed by atoms with Gasteiger partial charge in [0.2, 0.25) is 5.58 Å². The summed E-state index contributed by atoms with van der Waals surface area (Å²) in [6, 6.07) is 55.9. The predicted octanol–water partition coefficient (Wildman–Crippen LogP) is 11.0. The molecule has 12 aromatic rings. The number of fused-ring (bicyclic) bond motifs is 15. The number of hydrogen-bond acceptors (Lipinski definition) is 3. The van der Waals surface area contributed by atoms with E-state index in [1.165, 1.54) is 20.7 Å². The van der Waals surface area contributed by atoms with Crippen LogP contribution in [0.5, 0.6) is 0 Å². The molecule has 0 unspecified atom stereocenters. The Balaban J connectivity index is 1.21. The van der Waals surface area contributed by atoms with Crippen molar-refractivity contribution in [3.63, 3.8) is 0 Å². The lowest BCUT2D eigenvalue weighted by Crippen LogP contribution is -2.22. The molecule has 0 spiro atoms. The van der Waals surface area contributed by atoms with E-state index in [4.69, 9.17) is 4.42 Å². The van der Waals surface area contributed by atoms with Crippen LogP contribution in [0.4, 0.5) is 0 Å². The molecule has 0 saturated heterocycles. The van der Waals surface area contributed by atoms with E-state index in [0.717, 1.165) is 60.4 Å². The van der Waals surface area contributed by atoms with Crippen molar-refractivity contribution in [2.75, 3.05) is 0 Å². The summed E-state index contributed by atoms with van der Waals surface area (Å²) in [6.45, 7) is 0. The highest BCUT2D eigenvalue weighted by atomic mass is 16.3. The van der Waals surface area contributed by atoms with Gasteiger partial charge in [-0.2, -0.15) is 4.52 Å². The van der Waals surface area contributed by atoms with Crippen molar-refractivity contribution < 1.29 is 4.42 Å². The van der Waals surface area contributed by atoms with E-state index in [1.54, 1.807) is 4.52 Å². The summed E-state index contributed by atoms with van der Waals surface area (Å²) in [6.07, 6.45) is 0. The van der Waals surface area contributed by atoms with Gasteiger partial charge in [-0.1, -0.05) is 140 Å². The molecule has 0 radical (unpaired) electrons. The van der Waals surface area contributed by atoms with Crippen molar-refractivity contribution in [3.8, 4) is 27.9 Å². The Morgan fingerprint density at radius 1 is 0.389 bits per heavy atom. The van der Waals surface area contributed by atoms with Gasteiger partial charge in [0.05, 0.1) is 10.9 Å². The Kier molecular flexibility index (Phi) is 5.70. The van der Waals surface area contributed by atoms with Crippen LogP contribution in [0.15, 0.2) is 178 Å². The average molecular weight is 694 g/mol. The largest absolute Gasteiger partial charge is 0.448 e. The third-order valence-corrected chi connectivity index (χ3v) is 11.2. The molecule has 0 atom stereocenters. The predicted molar refractivity (Wildman–Crippen MR) is 220 cm³/mol. The van der Waals surface area contributed by atoms with E-state index >= 15 is 0 Å². The summed E-state index contributed by atoms with van der Waals surface area (Å²) in [4.78, 5) is 29.0. The third-order valence-electron chi connectivity index (χ3n) is 11.2. The SMILES string of the molecule is O=c1c2oc3cccc(-c4cccc5c6ccccc6c6ccccc6c45)c3c2n2c3c4ccccc4n(-c4ccc(-c5ccccc5)cc4)c3c(=O)n12. The quantitative estimate of drug-likeness (QED) is 0.173. The van der Waals surface area contributed by atoms with Gasteiger partial charge in [-0.3, -0.25) is 9.59 Å². The fourth-order valence-corrected chi connectivity index (χ4v) is 9.00. The van der Waals surface area contributed by atoms with Crippen LogP contribution >= 0.6 is 0 Å². The highest BCUT2D eigenvalue weighted by Gasteiger charge is 2.29. The highest BCUT2D eigenvalue weighted by Crippen LogP contribution is 2.44. The second-order valence-electron chi connectivity index (χ2n) is 14.0. The molecule has 4 heterocycles. The standard InChI is InChI=1S/C48H27N3O3/c52-47-45-43(38-18-8-9-22-39(38)49(45)30-26-24-29(25-27-30)28-12-2-1-3-13-28)50-44-42-37(21-11-23-40(42)54-46(44)48(53)51(47)50)36-20-10-19-35-33-15-5-4-14-31(33)32-16-6-7-17-34(32)41(35)36/h1-27H. The van der Waals surface area contributed by atoms with Gasteiger partial charge in [-0.15, -0.1) is 0 Å². The normalized spacial score (nSPS) is 12.2. The van der Waals surface area contributed by atoms with Gasteiger partial charge in [0.1, 0.15) is 22.1 Å². The molecule has 0 amide bonds. The first-order chi connectivity index (χ1) is 26.7. The second-order valence-corrected chi connectivity index (χ2v) is 14.0. The maximum Gasteiger partial charge on any atom is 0.318 e. The Morgan fingerprint density at radius 3 is 1.67 bits per heavy atom. The molecular formula is C48H27N3O3. The van der Waals surface area contributed by atoms with Gasteiger partial charge >= 0.3 is 5.56 Å². The van der Waals surface area contributed by atoms with Crippen LogP contribution in [0, 0.1) is 0 Å². The summed E-state index contributed by atoms with van der Waals surface area (Å²) in [7, 11) is 0. The fraction of sp³-hybridized carbons (Fsp3) is 0. The molecule has 4 aromatic heterocycles. The van der Waals surface area contributed by atoms with Gasteiger partial charge in [0.15, 0.2) is 0 Å². The lowest BCUT2D eigenvalue weighted by molar-refractivity contribution is 0.662. The minimum atomic E-state index is -0.474. The number of nitrogens with zero attached hydrogens (tertiary/aromatic N) is 3. The molecule has 0 aliphatic carbocycles. The van der Waals surface area contributed by atoms with Gasteiger partial charge in [-0.25, -0.2) is 4.52 Å². The van der Waals surface area contributed by atoms with Crippen LogP contribution in [0.2, 0.25) is 0 Å². The molecule has 6 nitrogen and oxygen atoms in total. The molecule has 8 aromatic carbocycles. The summed E-state index contributed by atoms with van der Waals surface area (Å²) >= 11 is 0. The van der Waals surface area contributed by atoms with Crippen molar-refractivity contribution in [1.82, 2.24) is 13.6 Å². The molecular weight excluding hydrogens is 667 g/mol. The lowest BCUT2D eigenvalue weighted by Gasteiger charge is -2.14. The number of hydrogen-bond donors (Lipinski definition) is 0. The Labute approximate surface area is 305 Å². The Bertz CT molecular complexity index is 3600. The Morgan fingerprint density at radius 2 is 0.944 bits per heavy atom. The first kappa shape index (κ1) is 29.2. The zero-order chi connectivity index (χ0) is 35.7. The number of benzene rings is 8. The first-order valence-corrected chi connectivity index (χ1v) is 18.0. The van der Waals surface area contributed by atoms with Gasteiger partial charge in [0.25, 0.3) is 5.56 Å². The Hall–Kier alpha value is -7.44. The molecule has 252 valence electrons. The van der Waals surface area contributed by atoms with E-state index in [-0.39, 0.29) is 5.58 Å². The van der Waals surface area contributed by atoms with Crippen molar-refractivity contribution in [2.45, 2.75) is 0 Å². The van der Waals surface area contributed by atoms with E-state index in [1.807, 2.05) is 71.3 Å². The number of rotatable bonds is 3. The molecule has 0 aliphatic rings. The van der Waals surface area contributed by atoms with Crippen LogP contribution in [-0.4, -0.2) is 13.6 Å². The zero-order valence-electron chi connectivity index (χ0n) is 28.7. The van der Waals surface area contributed by atoms with E-state index in [9.17, 15) is 9.59 Å². The molecule has 6 heteroatoms. The summed E-state index contributed by atoms with van der Waals surface area (Å²) < 4.78 is 11.5. The lowest BCUT2D eigenvalue weighted by atomic mass is 9.88. The van der Waals surface area contributed by atoms with Crippen molar-refractivity contribution >= 4 is 76.3 Å². The van der Waals surface area contributed by atoms with Crippen LogP contribution in [0.25, 0.3) is 104 Å². The third kappa shape index (κ3) is 3.68. The van der Waals surface area contributed by atoms with E-state index in [0.29, 0.717) is 22.1 Å². The van der Waals surface area contributed by atoms with Crippen molar-refractivity contribution in [3.05, 3.63) is 184 Å². The van der Waals surface area contributed by atoms with Gasteiger partial charge in [0, 0.05) is 11.1 Å². The van der Waals surface area contributed by atoms with E-state index in [2.05, 4.69) is 97.1 Å². The van der Waals surface area contributed by atoms with Crippen molar-refractivity contribution in [2.24, 2.45) is 0 Å². The molecule has 54 heavy (non-hydrogen) atoms. The topological polar surface area (TPSA) is 61.0 Å². The molecule has 12 rings (SSSR count). The fourth-order valence-electron chi connectivity index (χ4n) is 9.00. The number of para-hydroxylation sites is 1. The smallest absolute Gasteiger partial charge is 0.318 e. The molecule has 0 bridgehead atoms. The van der Waals surface area contributed by atoms with Crippen molar-refractivity contribution in [1.29, 1.82) is 0 Å². The summed E-state index contributed by atoms with van der Waals surface area (Å²) in [5, 5.41) is 8.65. The van der Waals surface area contributed by atoms with Crippen LogP contribution < -0.4 is 11.1 Å². The molecule has 0 saturated carbocycles. The maximum absolute atomic E-state index is 14.6. The number of aromatic nitrogens is 3. The summed E-state index contributed by atoms with van der Waals surface area (Å²) in [5.74, 6) is 0. The summed E-state index contributed by atoms with van der Waals surface area (Å²) in [5.41, 5.74) is 7.45. The van der Waals surface area contributed by atoms with Gasteiger partial charge < -0.3 is 8.98 Å². The average Bonchev–Trinajstić information content (AvgIpc) is 3.95. The van der Waals surface area contributed by atoms with Crippen LogP contribution in [-0.2, 0) is 0 Å². The number of furan rings is 1. The first-order valence-electron chi connectivity index (χ1n) is 18.0. The van der Waals surface area contributed by atoms with Crippen LogP contribution in [0.3, 0.4) is 0 Å². The molecule has 0 fully saturated rings. The second kappa shape index (κ2) is 10.6. The minimum Gasteiger partial charge on any atom is -0.448 e. The van der Waals surface area contributed by atoms with E-state index < -0.39 is 11.1 Å². The monoisotopic (exact) mass is 693 g/mol. The molecule has 0 N–H and O–H groups in total. The molecule has 0 aliphatic heterocycles. The zero-order valence-corrected chi connectivity index (χ0v) is 28.7. The highest BCUT2D eigenvalue weighted by molar-refractivity contribution is 6.29. The minimum absolute atomic E-state index is 0.163. The van der Waals surface area contributed by atoms with Gasteiger partial charge in [-0.05, 0) is 78.8 Å².